The molecule has 102 valence electrons. The molecule has 1 fully saturated rings. The Bertz CT molecular complexity index is 335. The standard InChI is InChI=1S/C11H19N3O4/c1-6(10(16)17)7(2)13-11(18)14-8-3-4-9(15)12-5-8/h6-8H,3-5H2,1-2H3,(H,12,15)(H,16,17)(H2,13,14,18). The summed E-state index contributed by atoms with van der Waals surface area (Å²) in [5.41, 5.74) is 0. The maximum absolute atomic E-state index is 11.6. The summed E-state index contributed by atoms with van der Waals surface area (Å²) in [6, 6.07) is -0.965. The van der Waals surface area contributed by atoms with Gasteiger partial charge in [0.25, 0.3) is 0 Å². The predicted molar refractivity (Wildman–Crippen MR) is 64.0 cm³/mol. The normalized spacial score (nSPS) is 22.6. The molecule has 0 saturated carbocycles. The molecule has 4 N–H and O–H groups in total. The highest BCUT2D eigenvalue weighted by atomic mass is 16.4. The second-order valence-electron chi connectivity index (χ2n) is 4.57. The van der Waals surface area contributed by atoms with E-state index in [1.807, 2.05) is 0 Å². The first-order chi connectivity index (χ1) is 8.40. The van der Waals surface area contributed by atoms with Crippen LogP contribution in [-0.4, -0.2) is 41.6 Å². The zero-order chi connectivity index (χ0) is 13.7. The lowest BCUT2D eigenvalue weighted by molar-refractivity contribution is -0.141. The Morgan fingerprint density at radius 3 is 2.61 bits per heavy atom. The highest BCUT2D eigenvalue weighted by molar-refractivity contribution is 5.79. The van der Waals surface area contributed by atoms with E-state index in [2.05, 4.69) is 16.0 Å². The fraction of sp³-hybridized carbons (Fsp3) is 0.727. The number of carbonyl (C=O) groups excluding carboxylic acids is 2. The van der Waals surface area contributed by atoms with Crippen LogP contribution in [0.4, 0.5) is 4.79 Å². The van der Waals surface area contributed by atoms with Crippen molar-refractivity contribution in [1.29, 1.82) is 0 Å². The number of hydrogen-bond acceptors (Lipinski definition) is 3. The Morgan fingerprint density at radius 2 is 2.11 bits per heavy atom. The van der Waals surface area contributed by atoms with Crippen LogP contribution in [0, 0.1) is 5.92 Å². The molecule has 0 bridgehead atoms. The summed E-state index contributed by atoms with van der Waals surface area (Å²) in [5.74, 6) is -1.61. The minimum Gasteiger partial charge on any atom is -0.481 e. The van der Waals surface area contributed by atoms with Crippen LogP contribution in [0.15, 0.2) is 0 Å². The van der Waals surface area contributed by atoms with E-state index in [-0.39, 0.29) is 11.9 Å². The van der Waals surface area contributed by atoms with E-state index < -0.39 is 24.0 Å². The number of urea groups is 1. The molecule has 3 atom stereocenters. The van der Waals surface area contributed by atoms with Crippen molar-refractivity contribution in [3.63, 3.8) is 0 Å². The van der Waals surface area contributed by atoms with Gasteiger partial charge in [-0.3, -0.25) is 9.59 Å². The van der Waals surface area contributed by atoms with Gasteiger partial charge in [-0.2, -0.15) is 0 Å². The van der Waals surface area contributed by atoms with Gasteiger partial charge in [-0.1, -0.05) is 0 Å². The molecular formula is C11H19N3O4. The number of piperidine rings is 1. The lowest BCUT2D eigenvalue weighted by Crippen LogP contribution is -2.53. The maximum atomic E-state index is 11.6. The summed E-state index contributed by atoms with van der Waals surface area (Å²) in [7, 11) is 0. The summed E-state index contributed by atoms with van der Waals surface area (Å²) in [6.07, 6.45) is 0.994. The molecule has 0 aromatic carbocycles. The fourth-order valence-corrected chi connectivity index (χ4v) is 1.63. The van der Waals surface area contributed by atoms with Crippen molar-refractivity contribution in [2.24, 2.45) is 5.92 Å². The van der Waals surface area contributed by atoms with E-state index in [9.17, 15) is 14.4 Å². The van der Waals surface area contributed by atoms with Crippen LogP contribution >= 0.6 is 0 Å². The lowest BCUT2D eigenvalue weighted by Gasteiger charge is -2.25. The zero-order valence-corrected chi connectivity index (χ0v) is 10.5. The van der Waals surface area contributed by atoms with Gasteiger partial charge in [0, 0.05) is 25.0 Å². The average Bonchev–Trinajstić information content (AvgIpc) is 2.30. The molecule has 7 heteroatoms. The second kappa shape index (κ2) is 6.23. The zero-order valence-electron chi connectivity index (χ0n) is 10.5. The number of nitrogens with one attached hydrogen (secondary N) is 3. The number of rotatable bonds is 4. The Hall–Kier alpha value is -1.79. The van der Waals surface area contributed by atoms with Gasteiger partial charge in [-0.25, -0.2) is 4.79 Å². The van der Waals surface area contributed by atoms with Gasteiger partial charge in [0.2, 0.25) is 5.91 Å². The van der Waals surface area contributed by atoms with Crippen LogP contribution < -0.4 is 16.0 Å². The van der Waals surface area contributed by atoms with Gasteiger partial charge in [-0.05, 0) is 20.3 Å². The van der Waals surface area contributed by atoms with E-state index in [0.29, 0.717) is 19.4 Å². The van der Waals surface area contributed by atoms with Gasteiger partial charge in [0.05, 0.1) is 5.92 Å². The first-order valence-corrected chi connectivity index (χ1v) is 5.96. The van der Waals surface area contributed by atoms with Gasteiger partial charge < -0.3 is 21.1 Å². The highest BCUT2D eigenvalue weighted by Crippen LogP contribution is 2.04. The maximum Gasteiger partial charge on any atom is 0.315 e. The van der Waals surface area contributed by atoms with Crippen LogP contribution in [0.3, 0.4) is 0 Å². The van der Waals surface area contributed by atoms with Crippen molar-refractivity contribution in [3.8, 4) is 0 Å². The Balaban J connectivity index is 2.33. The quantitative estimate of drug-likeness (QED) is 0.553. The van der Waals surface area contributed by atoms with Crippen molar-refractivity contribution in [3.05, 3.63) is 0 Å². The molecule has 18 heavy (non-hydrogen) atoms. The topological polar surface area (TPSA) is 108 Å². The molecule has 3 amide bonds. The lowest BCUT2D eigenvalue weighted by atomic mass is 10.0. The monoisotopic (exact) mass is 257 g/mol. The number of aliphatic carboxylic acids is 1. The van der Waals surface area contributed by atoms with E-state index in [1.54, 1.807) is 6.92 Å². The van der Waals surface area contributed by atoms with Crippen LogP contribution in [0.25, 0.3) is 0 Å². The number of amides is 3. The Kier molecular flexibility index (Phi) is 4.94. The first kappa shape index (κ1) is 14.3. The molecule has 7 nitrogen and oxygen atoms in total. The number of hydrogen-bond donors (Lipinski definition) is 4. The second-order valence-corrected chi connectivity index (χ2v) is 4.57. The number of carboxylic acids is 1. The van der Waals surface area contributed by atoms with Gasteiger partial charge in [0.1, 0.15) is 0 Å². The van der Waals surface area contributed by atoms with Gasteiger partial charge in [-0.15, -0.1) is 0 Å². The van der Waals surface area contributed by atoms with E-state index in [4.69, 9.17) is 5.11 Å². The minimum absolute atomic E-state index is 0.0127. The molecule has 1 heterocycles. The number of carboxylic acid groups (broad SMARTS) is 1. The predicted octanol–water partition coefficient (Wildman–Crippen LogP) is -0.327. The Labute approximate surface area is 105 Å². The van der Waals surface area contributed by atoms with Crippen molar-refractivity contribution >= 4 is 17.9 Å². The van der Waals surface area contributed by atoms with Crippen LogP contribution in [0.2, 0.25) is 0 Å². The van der Waals surface area contributed by atoms with Crippen LogP contribution in [-0.2, 0) is 9.59 Å². The molecular weight excluding hydrogens is 238 g/mol. The Morgan fingerprint density at radius 1 is 1.44 bits per heavy atom. The summed E-state index contributed by atoms with van der Waals surface area (Å²) < 4.78 is 0. The molecule has 0 spiro atoms. The van der Waals surface area contributed by atoms with Crippen LogP contribution in [0.1, 0.15) is 26.7 Å². The third kappa shape index (κ3) is 4.23. The first-order valence-electron chi connectivity index (χ1n) is 5.96. The van der Waals surface area contributed by atoms with E-state index in [1.165, 1.54) is 6.92 Å². The highest BCUT2D eigenvalue weighted by Gasteiger charge is 2.23. The third-order valence-electron chi connectivity index (χ3n) is 3.10. The summed E-state index contributed by atoms with van der Waals surface area (Å²) in [5, 5.41) is 16.7. The largest absolute Gasteiger partial charge is 0.481 e. The molecule has 0 aromatic heterocycles. The van der Waals surface area contributed by atoms with Crippen molar-refractivity contribution < 1.29 is 19.5 Å². The molecule has 0 radical (unpaired) electrons. The van der Waals surface area contributed by atoms with Crippen LogP contribution in [0.5, 0.6) is 0 Å². The van der Waals surface area contributed by atoms with Crippen molar-refractivity contribution in [1.82, 2.24) is 16.0 Å². The van der Waals surface area contributed by atoms with E-state index >= 15 is 0 Å². The van der Waals surface area contributed by atoms with Gasteiger partial charge >= 0.3 is 12.0 Å². The number of carbonyl (C=O) groups is 3. The SMILES string of the molecule is CC(NC(=O)NC1CCC(=O)NC1)C(C)C(=O)O. The summed E-state index contributed by atoms with van der Waals surface area (Å²) in [4.78, 5) is 33.3. The molecule has 3 unspecified atom stereocenters. The fourth-order valence-electron chi connectivity index (χ4n) is 1.63. The molecule has 1 aliphatic heterocycles. The third-order valence-corrected chi connectivity index (χ3v) is 3.10. The molecule has 1 aliphatic rings. The van der Waals surface area contributed by atoms with Crippen molar-refractivity contribution in [2.75, 3.05) is 6.54 Å². The summed E-state index contributed by atoms with van der Waals surface area (Å²) >= 11 is 0. The average molecular weight is 257 g/mol. The summed E-state index contributed by atoms with van der Waals surface area (Å²) in [6.45, 7) is 3.59. The molecule has 1 saturated heterocycles. The van der Waals surface area contributed by atoms with Crippen molar-refractivity contribution in [2.45, 2.75) is 38.8 Å². The van der Waals surface area contributed by atoms with Gasteiger partial charge in [0.15, 0.2) is 0 Å². The van der Waals surface area contributed by atoms with E-state index in [0.717, 1.165) is 0 Å². The smallest absolute Gasteiger partial charge is 0.315 e. The minimum atomic E-state index is -0.951. The molecule has 1 rings (SSSR count). The molecule has 0 aromatic rings. The molecule has 0 aliphatic carbocycles.